The number of nitrogens with one attached hydrogen (secondary N) is 1. The van der Waals surface area contributed by atoms with Crippen molar-refractivity contribution in [1.29, 1.82) is 0 Å². The van der Waals surface area contributed by atoms with Gasteiger partial charge in [-0.25, -0.2) is 5.01 Å². The van der Waals surface area contributed by atoms with Gasteiger partial charge in [0.25, 0.3) is 5.91 Å². The summed E-state index contributed by atoms with van der Waals surface area (Å²) in [7, 11) is 0. The van der Waals surface area contributed by atoms with Gasteiger partial charge in [0.1, 0.15) is 5.70 Å². The van der Waals surface area contributed by atoms with Gasteiger partial charge in [0.2, 0.25) is 0 Å². The molecule has 5 nitrogen and oxygen atoms in total. The highest BCUT2D eigenvalue weighted by atomic mass is 32.2. The van der Waals surface area contributed by atoms with E-state index >= 15 is 0 Å². The van der Waals surface area contributed by atoms with Crippen molar-refractivity contribution in [3.63, 3.8) is 0 Å². The van der Waals surface area contributed by atoms with Crippen LogP contribution in [0, 0.1) is 0 Å². The molecule has 0 bridgehead atoms. The standard InChI is InChI=1S/C19H20N4OS2/c1-2-3-6-11-26-19-21-18(24)16-13-8-4-5-9-14(13)20-17(23(16)22-19)15-10-7-12-25-15/h4-5,7-10,12,17H,2-3,6,11H2,1H3,(H,21,22,24)/t17-/m1/s1. The van der Waals surface area contributed by atoms with Crippen LogP contribution in [0.2, 0.25) is 0 Å². The molecule has 1 amide bonds. The number of hydrazone groups is 1. The molecular weight excluding hydrogens is 364 g/mol. The summed E-state index contributed by atoms with van der Waals surface area (Å²) in [4.78, 5) is 18.8. The van der Waals surface area contributed by atoms with Gasteiger partial charge < -0.3 is 0 Å². The number of amidine groups is 1. The number of hydrogen-bond donors (Lipinski definition) is 1. The summed E-state index contributed by atoms with van der Waals surface area (Å²) in [5.74, 6) is 0.843. The molecule has 0 saturated carbocycles. The quantitative estimate of drug-likeness (QED) is 0.807. The molecule has 2 aliphatic heterocycles. The lowest BCUT2D eigenvalue weighted by atomic mass is 10.1. The second-order valence-corrected chi connectivity index (χ2v) is 8.21. The molecule has 0 fully saturated rings. The maximum atomic E-state index is 12.9. The van der Waals surface area contributed by atoms with E-state index in [0.29, 0.717) is 10.9 Å². The van der Waals surface area contributed by atoms with Gasteiger partial charge in [-0.3, -0.25) is 15.1 Å². The third-order valence-corrected chi connectivity index (χ3v) is 6.16. The van der Waals surface area contributed by atoms with E-state index in [4.69, 9.17) is 10.1 Å². The maximum absolute atomic E-state index is 12.9. The Morgan fingerprint density at radius 2 is 2.12 bits per heavy atom. The van der Waals surface area contributed by atoms with Crippen LogP contribution in [0.25, 0.3) is 5.70 Å². The molecule has 0 radical (unpaired) electrons. The van der Waals surface area contributed by atoms with Gasteiger partial charge in [-0.2, -0.15) is 0 Å². The summed E-state index contributed by atoms with van der Waals surface area (Å²) >= 11 is 3.23. The third-order valence-electron chi connectivity index (χ3n) is 4.30. The number of unbranched alkanes of at least 4 members (excludes halogenated alkanes) is 2. The Balaban J connectivity index is 1.75. The van der Waals surface area contributed by atoms with E-state index in [2.05, 4.69) is 12.2 Å². The Bertz CT molecular complexity index is 952. The SMILES string of the molecule is CCCCCSC1=NN2C(=c3ccccc3=N[C@H]2c2cccs2)C(=O)N1. The van der Waals surface area contributed by atoms with E-state index < -0.39 is 0 Å². The summed E-state index contributed by atoms with van der Waals surface area (Å²) in [6.07, 6.45) is 3.20. The first-order chi connectivity index (χ1) is 12.8. The van der Waals surface area contributed by atoms with E-state index in [9.17, 15) is 4.79 Å². The Morgan fingerprint density at radius 1 is 1.23 bits per heavy atom. The zero-order chi connectivity index (χ0) is 17.9. The molecule has 0 aliphatic carbocycles. The van der Waals surface area contributed by atoms with Gasteiger partial charge >= 0.3 is 0 Å². The lowest BCUT2D eigenvalue weighted by Crippen LogP contribution is -2.50. The van der Waals surface area contributed by atoms with Crippen molar-refractivity contribution >= 4 is 39.9 Å². The molecule has 2 aliphatic rings. The highest BCUT2D eigenvalue weighted by molar-refractivity contribution is 8.13. The van der Waals surface area contributed by atoms with E-state index in [-0.39, 0.29) is 12.1 Å². The average molecular weight is 385 g/mol. The fraction of sp³-hybridized carbons (Fsp3) is 0.316. The van der Waals surface area contributed by atoms with Crippen molar-refractivity contribution in [3.05, 3.63) is 57.2 Å². The Morgan fingerprint density at radius 3 is 2.92 bits per heavy atom. The normalized spacial score (nSPS) is 18.6. The molecule has 1 N–H and O–H groups in total. The van der Waals surface area contributed by atoms with Gasteiger partial charge in [-0.05, 0) is 23.9 Å². The van der Waals surface area contributed by atoms with Crippen molar-refractivity contribution in [2.45, 2.75) is 32.4 Å². The Labute approximate surface area is 160 Å². The molecule has 0 saturated heterocycles. The van der Waals surface area contributed by atoms with Crippen LogP contribution in [-0.4, -0.2) is 21.8 Å². The second kappa shape index (κ2) is 7.63. The monoisotopic (exact) mass is 384 g/mol. The Hall–Kier alpha value is -2.12. The second-order valence-electron chi connectivity index (χ2n) is 6.14. The largest absolute Gasteiger partial charge is 0.298 e. The number of fused-ring (bicyclic) bond motifs is 2. The summed E-state index contributed by atoms with van der Waals surface area (Å²) in [6, 6.07) is 11.8. The molecule has 1 aromatic carbocycles. The summed E-state index contributed by atoms with van der Waals surface area (Å²) in [6.45, 7) is 2.18. The van der Waals surface area contributed by atoms with Crippen LogP contribution in [0.15, 0.2) is 51.9 Å². The fourth-order valence-electron chi connectivity index (χ4n) is 3.04. The average Bonchev–Trinajstić information content (AvgIpc) is 3.19. The Kier molecular flexibility index (Phi) is 5.08. The number of para-hydroxylation sites is 1. The van der Waals surface area contributed by atoms with Gasteiger partial charge in [0, 0.05) is 11.0 Å². The number of hydrogen-bond acceptors (Lipinski definition) is 6. The van der Waals surface area contributed by atoms with Gasteiger partial charge in [-0.15, -0.1) is 16.4 Å². The predicted octanol–water partition coefficient (Wildman–Crippen LogP) is 2.81. The molecule has 2 aromatic rings. The van der Waals surface area contributed by atoms with Gasteiger partial charge in [-0.1, -0.05) is 55.8 Å². The van der Waals surface area contributed by atoms with Gasteiger partial charge in [0.15, 0.2) is 11.3 Å². The van der Waals surface area contributed by atoms with Crippen LogP contribution < -0.4 is 15.9 Å². The topological polar surface area (TPSA) is 57.1 Å². The zero-order valence-electron chi connectivity index (χ0n) is 14.5. The van der Waals surface area contributed by atoms with Crippen LogP contribution in [0.3, 0.4) is 0 Å². The van der Waals surface area contributed by atoms with E-state index in [1.165, 1.54) is 12.8 Å². The molecule has 134 valence electrons. The number of rotatable bonds is 5. The van der Waals surface area contributed by atoms with Crippen LogP contribution >= 0.6 is 23.1 Å². The van der Waals surface area contributed by atoms with Crippen molar-refractivity contribution in [2.24, 2.45) is 10.1 Å². The van der Waals surface area contributed by atoms with Crippen LogP contribution in [0.5, 0.6) is 0 Å². The lowest BCUT2D eigenvalue weighted by molar-refractivity contribution is -0.116. The summed E-state index contributed by atoms with van der Waals surface area (Å²) in [5, 5.41) is 13.8. The first-order valence-corrected chi connectivity index (χ1v) is 10.7. The van der Waals surface area contributed by atoms with E-state index in [0.717, 1.165) is 27.6 Å². The molecule has 26 heavy (non-hydrogen) atoms. The van der Waals surface area contributed by atoms with E-state index in [1.54, 1.807) is 28.1 Å². The number of amides is 1. The van der Waals surface area contributed by atoms with Crippen molar-refractivity contribution in [2.75, 3.05) is 5.75 Å². The molecule has 3 heterocycles. The van der Waals surface area contributed by atoms with Gasteiger partial charge in [0.05, 0.1) is 10.2 Å². The minimum absolute atomic E-state index is 0.109. The number of thioether (sulfide) groups is 1. The molecule has 0 unspecified atom stereocenters. The number of nitrogens with zero attached hydrogens (tertiary/aromatic N) is 3. The summed E-state index contributed by atoms with van der Waals surface area (Å²) in [5.41, 5.74) is 0.576. The molecule has 0 spiro atoms. The van der Waals surface area contributed by atoms with Crippen LogP contribution in [0.4, 0.5) is 0 Å². The van der Waals surface area contributed by atoms with Crippen LogP contribution in [-0.2, 0) is 4.79 Å². The summed E-state index contributed by atoms with van der Waals surface area (Å²) < 4.78 is 0. The minimum Gasteiger partial charge on any atom is -0.298 e. The number of carbonyl (C=O) groups excluding carboxylic acids is 1. The maximum Gasteiger partial charge on any atom is 0.276 e. The first kappa shape index (κ1) is 17.3. The molecular formula is C19H20N4OS2. The highest BCUT2D eigenvalue weighted by Crippen LogP contribution is 2.32. The smallest absolute Gasteiger partial charge is 0.276 e. The molecule has 1 aromatic heterocycles. The molecule has 7 heteroatoms. The fourth-order valence-corrected chi connectivity index (χ4v) is 4.64. The van der Waals surface area contributed by atoms with Crippen molar-refractivity contribution in [1.82, 2.24) is 10.3 Å². The number of carbonyl (C=O) groups is 1. The van der Waals surface area contributed by atoms with E-state index in [1.807, 2.05) is 41.8 Å². The van der Waals surface area contributed by atoms with Crippen LogP contribution in [0.1, 0.15) is 37.2 Å². The number of benzene rings is 1. The van der Waals surface area contributed by atoms with Crippen molar-refractivity contribution < 1.29 is 4.79 Å². The molecule has 4 rings (SSSR count). The minimum atomic E-state index is -0.294. The first-order valence-electron chi connectivity index (χ1n) is 8.80. The highest BCUT2D eigenvalue weighted by Gasteiger charge is 2.34. The number of thiophene rings is 1. The van der Waals surface area contributed by atoms with Crippen molar-refractivity contribution in [3.8, 4) is 0 Å². The third kappa shape index (κ3) is 3.29. The molecule has 1 atom stereocenters. The zero-order valence-corrected chi connectivity index (χ0v) is 16.1. The predicted molar refractivity (Wildman–Crippen MR) is 107 cm³/mol. The lowest BCUT2D eigenvalue weighted by Gasteiger charge is -2.33.